The lowest BCUT2D eigenvalue weighted by Crippen LogP contribution is -2.42. The number of fused-ring (bicyclic) bond motifs is 1. The highest BCUT2D eigenvalue weighted by Gasteiger charge is 2.30. The quantitative estimate of drug-likeness (QED) is 0.809. The molecule has 1 aliphatic heterocycles. The van der Waals surface area contributed by atoms with Crippen LogP contribution in [0.4, 0.5) is 5.69 Å². The second-order valence-corrected chi connectivity index (χ2v) is 6.14. The molecule has 0 aliphatic carbocycles. The number of nitrogens with one attached hydrogen (secondary N) is 1. The monoisotopic (exact) mass is 370 g/mol. The van der Waals surface area contributed by atoms with Gasteiger partial charge in [0.25, 0.3) is 5.91 Å². The molecule has 0 saturated heterocycles. The van der Waals surface area contributed by atoms with E-state index in [1.165, 1.54) is 4.90 Å². The molecule has 2 amide bonds. The highest BCUT2D eigenvalue weighted by atomic mass is 16.5. The van der Waals surface area contributed by atoms with E-state index >= 15 is 0 Å². The number of methoxy groups -OCH3 is 1. The number of anilines is 1. The summed E-state index contributed by atoms with van der Waals surface area (Å²) in [7, 11) is 3.28. The van der Waals surface area contributed by atoms with E-state index in [-0.39, 0.29) is 18.2 Å². The first-order valence-corrected chi connectivity index (χ1v) is 8.64. The Kier molecular flexibility index (Phi) is 5.80. The van der Waals surface area contributed by atoms with Gasteiger partial charge in [-0.1, -0.05) is 12.1 Å². The Hall–Kier alpha value is -3.22. The maximum absolute atomic E-state index is 12.4. The molecule has 0 bridgehead atoms. The third-order valence-electron chi connectivity index (χ3n) is 4.25. The van der Waals surface area contributed by atoms with Crippen molar-refractivity contribution in [1.29, 1.82) is 0 Å². The molecule has 3 rings (SSSR count). The standard InChI is InChI=1S/C20H22N2O5/c1-22(11-12-26-15-9-7-14(25-2)8-10-15)19(23)13-18-20(24)21-16-5-3-4-6-17(16)27-18/h3-10,18H,11-13H2,1-2H3,(H,21,24)/t18-/m0/s1. The van der Waals surface area contributed by atoms with E-state index in [4.69, 9.17) is 14.2 Å². The molecular weight excluding hydrogens is 348 g/mol. The third kappa shape index (κ3) is 4.69. The zero-order valence-electron chi connectivity index (χ0n) is 15.3. The molecule has 0 unspecified atom stereocenters. The van der Waals surface area contributed by atoms with Crippen LogP contribution < -0.4 is 19.5 Å². The smallest absolute Gasteiger partial charge is 0.266 e. The number of para-hydroxylation sites is 2. The van der Waals surface area contributed by atoms with Gasteiger partial charge in [0.1, 0.15) is 23.9 Å². The first-order chi connectivity index (χ1) is 13.1. The van der Waals surface area contributed by atoms with Crippen molar-refractivity contribution in [3.05, 3.63) is 48.5 Å². The van der Waals surface area contributed by atoms with Crippen LogP contribution in [0.5, 0.6) is 17.2 Å². The topological polar surface area (TPSA) is 77.1 Å². The Bertz CT molecular complexity index is 806. The first kappa shape index (κ1) is 18.6. The minimum atomic E-state index is -0.836. The molecular formula is C20H22N2O5. The fourth-order valence-corrected chi connectivity index (χ4v) is 2.64. The van der Waals surface area contributed by atoms with Crippen molar-refractivity contribution in [2.75, 3.05) is 32.6 Å². The molecule has 1 heterocycles. The van der Waals surface area contributed by atoms with Crippen LogP contribution >= 0.6 is 0 Å². The van der Waals surface area contributed by atoms with Gasteiger partial charge < -0.3 is 24.4 Å². The first-order valence-electron chi connectivity index (χ1n) is 8.64. The Morgan fingerprint density at radius 3 is 2.59 bits per heavy atom. The fourth-order valence-electron chi connectivity index (χ4n) is 2.64. The van der Waals surface area contributed by atoms with Crippen LogP contribution in [0.3, 0.4) is 0 Å². The number of amides is 2. The lowest BCUT2D eigenvalue weighted by molar-refractivity contribution is -0.136. The van der Waals surface area contributed by atoms with E-state index in [9.17, 15) is 9.59 Å². The summed E-state index contributed by atoms with van der Waals surface area (Å²) in [4.78, 5) is 26.0. The highest BCUT2D eigenvalue weighted by molar-refractivity contribution is 5.99. The average Bonchev–Trinajstić information content (AvgIpc) is 2.69. The van der Waals surface area contributed by atoms with Crippen LogP contribution in [0.15, 0.2) is 48.5 Å². The number of hydrogen-bond acceptors (Lipinski definition) is 5. The minimum absolute atomic E-state index is 0.0286. The van der Waals surface area contributed by atoms with E-state index < -0.39 is 6.10 Å². The third-order valence-corrected chi connectivity index (χ3v) is 4.25. The summed E-state index contributed by atoms with van der Waals surface area (Å²) in [6, 6.07) is 14.4. The molecule has 1 aliphatic rings. The van der Waals surface area contributed by atoms with Gasteiger partial charge in [-0.2, -0.15) is 0 Å². The van der Waals surface area contributed by atoms with Crippen LogP contribution in [0.1, 0.15) is 6.42 Å². The lowest BCUT2D eigenvalue weighted by Gasteiger charge is -2.27. The Labute approximate surface area is 157 Å². The van der Waals surface area contributed by atoms with Crippen LogP contribution in [0.2, 0.25) is 0 Å². The predicted octanol–water partition coefficient (Wildman–Crippen LogP) is 2.32. The van der Waals surface area contributed by atoms with Gasteiger partial charge in [-0.15, -0.1) is 0 Å². The van der Waals surface area contributed by atoms with Gasteiger partial charge in [-0.3, -0.25) is 9.59 Å². The van der Waals surface area contributed by atoms with Crippen molar-refractivity contribution in [1.82, 2.24) is 4.90 Å². The second kappa shape index (κ2) is 8.44. The SMILES string of the molecule is COc1ccc(OCCN(C)C(=O)C[C@@H]2Oc3ccccc3NC2=O)cc1. The number of carbonyl (C=O) groups is 2. The Balaban J connectivity index is 1.47. The fraction of sp³-hybridized carbons (Fsp3) is 0.300. The lowest BCUT2D eigenvalue weighted by atomic mass is 10.1. The molecule has 0 spiro atoms. The molecule has 2 aromatic rings. The minimum Gasteiger partial charge on any atom is -0.497 e. The van der Waals surface area contributed by atoms with Gasteiger partial charge in [0.15, 0.2) is 6.10 Å². The van der Waals surface area contributed by atoms with Crippen molar-refractivity contribution in [3.8, 4) is 17.2 Å². The van der Waals surface area contributed by atoms with Crippen molar-refractivity contribution in [3.63, 3.8) is 0 Å². The summed E-state index contributed by atoms with van der Waals surface area (Å²) in [5, 5.41) is 2.76. The molecule has 7 nitrogen and oxygen atoms in total. The van der Waals surface area contributed by atoms with E-state index in [0.717, 1.165) is 5.75 Å². The Morgan fingerprint density at radius 1 is 1.15 bits per heavy atom. The summed E-state index contributed by atoms with van der Waals surface area (Å²) in [5.41, 5.74) is 0.618. The van der Waals surface area contributed by atoms with Gasteiger partial charge in [0.05, 0.1) is 25.8 Å². The van der Waals surface area contributed by atoms with Gasteiger partial charge in [-0.25, -0.2) is 0 Å². The van der Waals surface area contributed by atoms with Crippen LogP contribution in [-0.4, -0.2) is 50.1 Å². The summed E-state index contributed by atoms with van der Waals surface area (Å²) >= 11 is 0. The molecule has 1 atom stereocenters. The molecule has 0 radical (unpaired) electrons. The number of ether oxygens (including phenoxy) is 3. The second-order valence-electron chi connectivity index (χ2n) is 6.14. The van der Waals surface area contributed by atoms with Crippen molar-refractivity contribution < 1.29 is 23.8 Å². The zero-order valence-corrected chi connectivity index (χ0v) is 15.3. The molecule has 0 fully saturated rings. The van der Waals surface area contributed by atoms with Crippen molar-refractivity contribution in [2.45, 2.75) is 12.5 Å². The zero-order chi connectivity index (χ0) is 19.2. The molecule has 0 saturated carbocycles. The molecule has 2 aromatic carbocycles. The van der Waals surface area contributed by atoms with Gasteiger partial charge in [0.2, 0.25) is 5.91 Å². The number of hydrogen-bond donors (Lipinski definition) is 1. The summed E-state index contributed by atoms with van der Waals surface area (Å²) in [6.07, 6.45) is -0.864. The Morgan fingerprint density at radius 2 is 1.85 bits per heavy atom. The van der Waals surface area contributed by atoms with Crippen molar-refractivity contribution >= 4 is 17.5 Å². The highest BCUT2D eigenvalue weighted by Crippen LogP contribution is 2.29. The van der Waals surface area contributed by atoms with Crippen molar-refractivity contribution in [2.24, 2.45) is 0 Å². The van der Waals surface area contributed by atoms with E-state index in [1.54, 1.807) is 50.6 Å². The van der Waals surface area contributed by atoms with Crippen LogP contribution in [0.25, 0.3) is 0 Å². The van der Waals surface area contributed by atoms with Crippen LogP contribution in [0, 0.1) is 0 Å². The summed E-state index contributed by atoms with van der Waals surface area (Å²) in [5.74, 6) is 1.52. The van der Waals surface area contributed by atoms with Gasteiger partial charge >= 0.3 is 0 Å². The average molecular weight is 370 g/mol. The van der Waals surface area contributed by atoms with E-state index in [1.807, 2.05) is 12.1 Å². The molecule has 1 N–H and O–H groups in total. The van der Waals surface area contributed by atoms with E-state index in [2.05, 4.69) is 5.32 Å². The van der Waals surface area contributed by atoms with E-state index in [0.29, 0.717) is 30.3 Å². The number of rotatable bonds is 7. The number of carbonyl (C=O) groups excluding carboxylic acids is 2. The maximum Gasteiger partial charge on any atom is 0.266 e. The predicted molar refractivity (Wildman–Crippen MR) is 100 cm³/mol. The summed E-state index contributed by atoms with van der Waals surface area (Å²) < 4.78 is 16.4. The largest absolute Gasteiger partial charge is 0.497 e. The van der Waals surface area contributed by atoms with Crippen LogP contribution in [-0.2, 0) is 9.59 Å². The molecule has 7 heteroatoms. The van der Waals surface area contributed by atoms with Gasteiger partial charge in [-0.05, 0) is 36.4 Å². The molecule has 0 aromatic heterocycles. The summed E-state index contributed by atoms with van der Waals surface area (Å²) in [6.45, 7) is 0.741. The molecule has 27 heavy (non-hydrogen) atoms. The number of nitrogens with zero attached hydrogens (tertiary/aromatic N) is 1. The number of benzene rings is 2. The molecule has 142 valence electrons. The normalized spacial score (nSPS) is 15.2. The van der Waals surface area contributed by atoms with Gasteiger partial charge in [0, 0.05) is 7.05 Å². The maximum atomic E-state index is 12.4. The number of likely N-dealkylation sites (N-methyl/N-ethyl adjacent to an activating group) is 1.